The van der Waals surface area contributed by atoms with Crippen molar-refractivity contribution in [2.75, 3.05) is 45.8 Å². The Bertz CT molecular complexity index is 368. The maximum Gasteiger partial charge on any atom is 0.0522 e. The Labute approximate surface area is 122 Å². The molecule has 0 saturated carbocycles. The molecule has 5 heteroatoms. The molecule has 0 amide bonds. The molecule has 114 valence electrons. The molecule has 0 aromatic carbocycles. The van der Waals surface area contributed by atoms with Gasteiger partial charge in [0.05, 0.1) is 6.20 Å². The third-order valence-corrected chi connectivity index (χ3v) is 4.12. The normalized spacial score (nSPS) is 17.7. The highest BCUT2D eigenvalue weighted by atomic mass is 15.3. The van der Waals surface area contributed by atoms with Crippen molar-refractivity contribution in [2.24, 2.45) is 12.8 Å². The van der Waals surface area contributed by atoms with Crippen LogP contribution in [0.3, 0.4) is 0 Å². The molecule has 2 rings (SSSR count). The van der Waals surface area contributed by atoms with Crippen molar-refractivity contribution < 1.29 is 0 Å². The highest BCUT2D eigenvalue weighted by molar-refractivity contribution is 5.04. The molecule has 1 aromatic rings. The van der Waals surface area contributed by atoms with E-state index in [0.29, 0.717) is 0 Å². The van der Waals surface area contributed by atoms with E-state index in [-0.39, 0.29) is 0 Å². The van der Waals surface area contributed by atoms with Crippen molar-refractivity contribution in [3.8, 4) is 0 Å². The Kier molecular flexibility index (Phi) is 6.50. The van der Waals surface area contributed by atoms with Gasteiger partial charge < -0.3 is 15.5 Å². The number of aromatic nitrogens is 2. The van der Waals surface area contributed by atoms with Crippen LogP contribution >= 0.6 is 0 Å². The summed E-state index contributed by atoms with van der Waals surface area (Å²) < 4.78 is 1.88. The summed E-state index contributed by atoms with van der Waals surface area (Å²) in [4.78, 5) is 5.17. The molecule has 0 bridgehead atoms. The molecule has 1 aromatic heterocycles. The van der Waals surface area contributed by atoms with E-state index in [0.717, 1.165) is 19.5 Å². The van der Waals surface area contributed by atoms with Crippen LogP contribution in [0.2, 0.25) is 0 Å². The average Bonchev–Trinajstić information content (AvgIpc) is 2.88. The minimum Gasteiger partial charge on any atom is -0.330 e. The smallest absolute Gasteiger partial charge is 0.0522 e. The lowest BCUT2D eigenvalue weighted by molar-refractivity contribution is 0.132. The van der Waals surface area contributed by atoms with Crippen LogP contribution in [0.5, 0.6) is 0 Å². The van der Waals surface area contributed by atoms with E-state index in [1.807, 2.05) is 17.9 Å². The van der Waals surface area contributed by atoms with Gasteiger partial charge in [-0.15, -0.1) is 0 Å². The van der Waals surface area contributed by atoms with Crippen LogP contribution in [-0.2, 0) is 13.5 Å². The zero-order chi connectivity index (χ0) is 14.2. The molecular weight excluding hydrogens is 250 g/mol. The highest BCUT2D eigenvalue weighted by Crippen LogP contribution is 2.06. The van der Waals surface area contributed by atoms with Gasteiger partial charge in [-0.05, 0) is 37.9 Å². The van der Waals surface area contributed by atoms with E-state index >= 15 is 0 Å². The fourth-order valence-corrected chi connectivity index (χ4v) is 2.78. The van der Waals surface area contributed by atoms with Crippen molar-refractivity contribution in [1.82, 2.24) is 19.6 Å². The molecule has 20 heavy (non-hydrogen) atoms. The molecule has 0 aliphatic carbocycles. The van der Waals surface area contributed by atoms with Crippen molar-refractivity contribution in [2.45, 2.75) is 25.7 Å². The summed E-state index contributed by atoms with van der Waals surface area (Å²) in [6.45, 7) is 8.09. The van der Waals surface area contributed by atoms with E-state index in [1.165, 1.54) is 57.5 Å². The molecule has 2 heterocycles. The number of rotatable bonds is 8. The van der Waals surface area contributed by atoms with Gasteiger partial charge in [0.15, 0.2) is 0 Å². The first kappa shape index (κ1) is 15.5. The Hall–Kier alpha value is -0.910. The van der Waals surface area contributed by atoms with E-state index in [4.69, 9.17) is 5.73 Å². The predicted octanol–water partition coefficient (Wildman–Crippen LogP) is 0.709. The SMILES string of the molecule is Cn1cc(CCN2CCN(CCCCCN)CC2)cn1. The lowest BCUT2D eigenvalue weighted by Gasteiger charge is -2.34. The third kappa shape index (κ3) is 5.23. The van der Waals surface area contributed by atoms with Gasteiger partial charge in [0.1, 0.15) is 0 Å². The Morgan fingerprint density at radius 2 is 1.75 bits per heavy atom. The van der Waals surface area contributed by atoms with Gasteiger partial charge in [-0.3, -0.25) is 4.68 Å². The summed E-state index contributed by atoms with van der Waals surface area (Å²) in [5.41, 5.74) is 6.87. The summed E-state index contributed by atoms with van der Waals surface area (Å²) in [6, 6.07) is 0. The third-order valence-electron chi connectivity index (χ3n) is 4.12. The van der Waals surface area contributed by atoms with Crippen LogP contribution in [0.1, 0.15) is 24.8 Å². The van der Waals surface area contributed by atoms with Crippen molar-refractivity contribution in [3.63, 3.8) is 0 Å². The zero-order valence-corrected chi connectivity index (χ0v) is 12.8. The van der Waals surface area contributed by atoms with Crippen LogP contribution in [0.4, 0.5) is 0 Å². The van der Waals surface area contributed by atoms with Crippen LogP contribution in [0.15, 0.2) is 12.4 Å². The molecule has 0 spiro atoms. The zero-order valence-electron chi connectivity index (χ0n) is 12.8. The first-order valence-corrected chi connectivity index (χ1v) is 7.90. The molecule has 0 atom stereocenters. The molecule has 2 N–H and O–H groups in total. The molecule has 1 aliphatic rings. The summed E-state index contributed by atoms with van der Waals surface area (Å²) in [7, 11) is 1.98. The Morgan fingerprint density at radius 3 is 2.35 bits per heavy atom. The number of unbranched alkanes of at least 4 members (excludes halogenated alkanes) is 2. The average molecular weight is 279 g/mol. The van der Waals surface area contributed by atoms with E-state index in [1.54, 1.807) is 0 Å². The summed E-state index contributed by atoms with van der Waals surface area (Å²) in [5, 5.41) is 4.22. The molecule has 5 nitrogen and oxygen atoms in total. The van der Waals surface area contributed by atoms with E-state index in [9.17, 15) is 0 Å². The summed E-state index contributed by atoms with van der Waals surface area (Å²) in [6.07, 6.45) is 8.96. The van der Waals surface area contributed by atoms with Crippen molar-refractivity contribution in [3.05, 3.63) is 18.0 Å². The second-order valence-electron chi connectivity index (χ2n) is 5.80. The maximum atomic E-state index is 5.52. The van der Waals surface area contributed by atoms with Crippen molar-refractivity contribution >= 4 is 0 Å². The number of nitrogens with zero attached hydrogens (tertiary/aromatic N) is 4. The van der Waals surface area contributed by atoms with Gasteiger partial charge in [0, 0.05) is 46.0 Å². The molecule has 0 unspecified atom stereocenters. The lowest BCUT2D eigenvalue weighted by atomic mass is 10.2. The standard InChI is InChI=1S/C15H29N5/c1-18-14-15(13-17-18)5-8-20-11-9-19(10-12-20)7-4-2-3-6-16/h13-14H,2-12,16H2,1H3. The van der Waals surface area contributed by atoms with Crippen LogP contribution < -0.4 is 5.73 Å². The van der Waals surface area contributed by atoms with Gasteiger partial charge >= 0.3 is 0 Å². The minimum absolute atomic E-state index is 0.835. The fourth-order valence-electron chi connectivity index (χ4n) is 2.78. The molecule has 1 aliphatic heterocycles. The van der Waals surface area contributed by atoms with Crippen molar-refractivity contribution in [1.29, 1.82) is 0 Å². The monoisotopic (exact) mass is 279 g/mol. The number of hydrogen-bond donors (Lipinski definition) is 1. The fraction of sp³-hybridized carbons (Fsp3) is 0.800. The number of aryl methyl sites for hydroxylation is 1. The first-order valence-electron chi connectivity index (χ1n) is 7.90. The van der Waals surface area contributed by atoms with Gasteiger partial charge in [-0.2, -0.15) is 5.10 Å². The van der Waals surface area contributed by atoms with Crippen LogP contribution in [0.25, 0.3) is 0 Å². The molecule has 1 saturated heterocycles. The van der Waals surface area contributed by atoms with E-state index in [2.05, 4.69) is 21.1 Å². The second-order valence-corrected chi connectivity index (χ2v) is 5.80. The lowest BCUT2D eigenvalue weighted by Crippen LogP contribution is -2.47. The number of hydrogen-bond acceptors (Lipinski definition) is 4. The number of piperazine rings is 1. The van der Waals surface area contributed by atoms with E-state index < -0.39 is 0 Å². The quantitative estimate of drug-likeness (QED) is 0.712. The topological polar surface area (TPSA) is 50.3 Å². The van der Waals surface area contributed by atoms with Gasteiger partial charge in [0.2, 0.25) is 0 Å². The molecule has 1 fully saturated rings. The predicted molar refractivity (Wildman–Crippen MR) is 82.7 cm³/mol. The van der Waals surface area contributed by atoms with Crippen LogP contribution in [-0.4, -0.2) is 65.4 Å². The maximum absolute atomic E-state index is 5.52. The highest BCUT2D eigenvalue weighted by Gasteiger charge is 2.16. The second kappa shape index (κ2) is 8.39. The Balaban J connectivity index is 1.57. The minimum atomic E-state index is 0.835. The Morgan fingerprint density at radius 1 is 1.05 bits per heavy atom. The van der Waals surface area contributed by atoms with Gasteiger partial charge in [0.25, 0.3) is 0 Å². The summed E-state index contributed by atoms with van der Waals surface area (Å²) >= 11 is 0. The molecule has 0 radical (unpaired) electrons. The van der Waals surface area contributed by atoms with Crippen LogP contribution in [0, 0.1) is 0 Å². The first-order chi connectivity index (χ1) is 9.78. The van der Waals surface area contributed by atoms with Gasteiger partial charge in [-0.25, -0.2) is 0 Å². The summed E-state index contributed by atoms with van der Waals surface area (Å²) in [5.74, 6) is 0. The van der Waals surface area contributed by atoms with Gasteiger partial charge in [-0.1, -0.05) is 6.42 Å². The number of nitrogens with two attached hydrogens (primary N) is 1. The largest absolute Gasteiger partial charge is 0.330 e. The molecular formula is C15H29N5.